The molecule has 0 saturated carbocycles. The summed E-state index contributed by atoms with van der Waals surface area (Å²) in [7, 11) is 0. The van der Waals surface area contributed by atoms with Crippen molar-refractivity contribution < 1.29 is 14.3 Å². The minimum Gasteiger partial charge on any atom is -0.492 e. The summed E-state index contributed by atoms with van der Waals surface area (Å²) >= 11 is 1.72. The van der Waals surface area contributed by atoms with Crippen molar-refractivity contribution in [1.29, 1.82) is 0 Å². The van der Waals surface area contributed by atoms with Gasteiger partial charge in [0.05, 0.1) is 17.4 Å². The topological polar surface area (TPSA) is 66.9 Å². The molecular formula is C25H32N4O3S. The summed E-state index contributed by atoms with van der Waals surface area (Å²) < 4.78 is 12.5. The Hall–Kier alpha value is -2.84. The Morgan fingerprint density at radius 3 is 2.58 bits per heavy atom. The number of benzene rings is 2. The molecule has 1 aromatic heterocycles. The number of carbonyl (C=O) groups excluding carboxylic acids is 1. The summed E-state index contributed by atoms with van der Waals surface area (Å²) in [5, 5.41) is 4.08. The minimum atomic E-state index is -0.0516. The highest BCUT2D eigenvalue weighted by atomic mass is 32.1. The Kier molecular flexibility index (Phi) is 7.67. The number of hydrogen-bond donors (Lipinski definition) is 1. The molecule has 1 amide bonds. The molecule has 0 spiro atoms. The third-order valence-electron chi connectivity index (χ3n) is 5.52. The van der Waals surface area contributed by atoms with Crippen LogP contribution < -0.4 is 19.7 Å². The molecule has 4 rings (SSSR count). The van der Waals surface area contributed by atoms with Gasteiger partial charge in [-0.1, -0.05) is 17.4 Å². The fourth-order valence-electron chi connectivity index (χ4n) is 3.87. The molecule has 3 aromatic rings. The predicted molar refractivity (Wildman–Crippen MR) is 134 cm³/mol. The Bertz CT molecular complexity index is 1060. The molecule has 2 aromatic carbocycles. The van der Waals surface area contributed by atoms with Gasteiger partial charge in [-0.05, 0) is 57.2 Å². The molecule has 1 fully saturated rings. The van der Waals surface area contributed by atoms with Crippen molar-refractivity contribution in [2.75, 3.05) is 50.8 Å². The zero-order valence-corrected chi connectivity index (χ0v) is 20.4. The number of piperazine rings is 1. The first-order valence-electron chi connectivity index (χ1n) is 11.6. The number of thiazole rings is 1. The number of para-hydroxylation sites is 1. The largest absolute Gasteiger partial charge is 0.492 e. The van der Waals surface area contributed by atoms with E-state index in [0.29, 0.717) is 18.7 Å². The van der Waals surface area contributed by atoms with Gasteiger partial charge in [0.2, 0.25) is 0 Å². The van der Waals surface area contributed by atoms with E-state index >= 15 is 0 Å². The average Bonchev–Trinajstić information content (AvgIpc) is 3.25. The van der Waals surface area contributed by atoms with Crippen molar-refractivity contribution in [2.45, 2.75) is 26.9 Å². The van der Waals surface area contributed by atoms with Gasteiger partial charge in [0.25, 0.3) is 5.91 Å². The maximum atomic E-state index is 12.4. The zero-order valence-electron chi connectivity index (χ0n) is 19.5. The van der Waals surface area contributed by atoms with Crippen molar-refractivity contribution in [3.63, 3.8) is 0 Å². The van der Waals surface area contributed by atoms with Gasteiger partial charge >= 0.3 is 0 Å². The van der Waals surface area contributed by atoms with Crippen LogP contribution in [-0.4, -0.2) is 67.8 Å². The van der Waals surface area contributed by atoms with E-state index < -0.39 is 0 Å². The number of rotatable bonds is 9. The van der Waals surface area contributed by atoms with Crippen LogP contribution in [0, 0.1) is 0 Å². The lowest BCUT2D eigenvalue weighted by molar-refractivity contribution is 0.0947. The summed E-state index contributed by atoms with van der Waals surface area (Å²) in [5.41, 5.74) is 1.60. The number of nitrogens with zero attached hydrogens (tertiary/aromatic N) is 3. The van der Waals surface area contributed by atoms with Gasteiger partial charge in [0.1, 0.15) is 17.0 Å². The predicted octanol–water partition coefficient (Wildman–Crippen LogP) is 4.03. The average molecular weight is 469 g/mol. The highest BCUT2D eigenvalue weighted by Crippen LogP contribution is 2.34. The van der Waals surface area contributed by atoms with Crippen LogP contribution in [0.3, 0.4) is 0 Å². The summed E-state index contributed by atoms with van der Waals surface area (Å²) in [5.74, 6) is 1.58. The van der Waals surface area contributed by atoms with Crippen LogP contribution in [0.25, 0.3) is 10.2 Å². The van der Waals surface area contributed by atoms with E-state index in [1.54, 1.807) is 23.5 Å². The van der Waals surface area contributed by atoms with E-state index in [9.17, 15) is 4.79 Å². The second-order valence-electron chi connectivity index (χ2n) is 8.31. The van der Waals surface area contributed by atoms with Crippen LogP contribution in [0.1, 0.15) is 31.1 Å². The monoisotopic (exact) mass is 468 g/mol. The highest BCUT2D eigenvalue weighted by molar-refractivity contribution is 7.22. The van der Waals surface area contributed by atoms with Crippen molar-refractivity contribution in [3.05, 3.63) is 48.0 Å². The Morgan fingerprint density at radius 2 is 1.88 bits per heavy atom. The lowest BCUT2D eigenvalue weighted by atomic mass is 10.2. The third-order valence-corrected chi connectivity index (χ3v) is 6.60. The number of nitrogens with one attached hydrogen (secondary N) is 1. The van der Waals surface area contributed by atoms with E-state index in [-0.39, 0.29) is 12.0 Å². The van der Waals surface area contributed by atoms with Crippen molar-refractivity contribution in [1.82, 2.24) is 15.2 Å². The smallest absolute Gasteiger partial charge is 0.251 e. The molecule has 2 heterocycles. The molecular weight excluding hydrogens is 436 g/mol. The molecule has 1 N–H and O–H groups in total. The molecule has 8 heteroatoms. The molecule has 0 aliphatic carbocycles. The van der Waals surface area contributed by atoms with Crippen LogP contribution in [0.5, 0.6) is 11.5 Å². The maximum Gasteiger partial charge on any atom is 0.251 e. The maximum absolute atomic E-state index is 12.4. The van der Waals surface area contributed by atoms with E-state index in [0.717, 1.165) is 59.6 Å². The molecule has 1 saturated heterocycles. The Morgan fingerprint density at radius 1 is 1.12 bits per heavy atom. The van der Waals surface area contributed by atoms with Gasteiger partial charge in [-0.15, -0.1) is 0 Å². The number of fused-ring (bicyclic) bond motifs is 1. The number of hydrogen-bond acceptors (Lipinski definition) is 7. The summed E-state index contributed by atoms with van der Waals surface area (Å²) in [6, 6.07) is 13.4. The van der Waals surface area contributed by atoms with Crippen molar-refractivity contribution in [3.8, 4) is 11.5 Å². The molecule has 33 heavy (non-hydrogen) atoms. The number of ether oxygens (including phenoxy) is 2. The first kappa shape index (κ1) is 23.3. The van der Waals surface area contributed by atoms with Gasteiger partial charge < -0.3 is 19.7 Å². The van der Waals surface area contributed by atoms with Gasteiger partial charge in [-0.3, -0.25) is 9.69 Å². The molecule has 0 radical (unpaired) electrons. The lowest BCUT2D eigenvalue weighted by Crippen LogP contribution is -2.48. The number of carbonyl (C=O) groups is 1. The highest BCUT2D eigenvalue weighted by Gasteiger charge is 2.20. The first-order chi connectivity index (χ1) is 16.0. The number of amides is 1. The van der Waals surface area contributed by atoms with Crippen molar-refractivity contribution >= 4 is 32.6 Å². The zero-order chi connectivity index (χ0) is 23.2. The first-order valence-corrected chi connectivity index (χ1v) is 12.4. The molecule has 1 aliphatic rings. The Balaban J connectivity index is 1.23. The van der Waals surface area contributed by atoms with Crippen molar-refractivity contribution in [2.24, 2.45) is 0 Å². The van der Waals surface area contributed by atoms with Crippen LogP contribution in [-0.2, 0) is 0 Å². The van der Waals surface area contributed by atoms with E-state index in [1.165, 1.54) is 0 Å². The molecule has 1 aliphatic heterocycles. The van der Waals surface area contributed by atoms with E-state index in [4.69, 9.17) is 14.5 Å². The second-order valence-corrected chi connectivity index (χ2v) is 9.32. The number of anilines is 1. The van der Waals surface area contributed by atoms with Crippen LogP contribution >= 0.6 is 11.3 Å². The number of aromatic nitrogens is 1. The normalized spacial score (nSPS) is 14.6. The summed E-state index contributed by atoms with van der Waals surface area (Å²) in [4.78, 5) is 22.0. The standard InChI is InChI=1S/C25H32N4O3S/c1-4-31-21-6-5-7-22-23(21)27-25(33-22)29-16-14-28(15-17-29)13-12-26-24(30)19-8-10-20(11-9-19)32-18(2)3/h5-11,18H,4,12-17H2,1-3H3,(H,26,30). The summed E-state index contributed by atoms with van der Waals surface area (Å²) in [6.45, 7) is 11.8. The van der Waals surface area contributed by atoms with Crippen LogP contribution in [0.4, 0.5) is 5.13 Å². The van der Waals surface area contributed by atoms with Crippen LogP contribution in [0.15, 0.2) is 42.5 Å². The molecule has 0 bridgehead atoms. The third kappa shape index (κ3) is 5.94. The molecule has 0 atom stereocenters. The van der Waals surface area contributed by atoms with Gasteiger partial charge in [0, 0.05) is 44.8 Å². The lowest BCUT2D eigenvalue weighted by Gasteiger charge is -2.34. The summed E-state index contributed by atoms with van der Waals surface area (Å²) in [6.07, 6.45) is 0.118. The minimum absolute atomic E-state index is 0.0516. The van der Waals surface area contributed by atoms with Gasteiger partial charge in [0.15, 0.2) is 5.13 Å². The van der Waals surface area contributed by atoms with Crippen LogP contribution in [0.2, 0.25) is 0 Å². The second kappa shape index (κ2) is 10.9. The van der Waals surface area contributed by atoms with Gasteiger partial charge in [-0.25, -0.2) is 4.98 Å². The molecule has 0 unspecified atom stereocenters. The van der Waals surface area contributed by atoms with E-state index in [2.05, 4.69) is 21.2 Å². The Labute approximate surface area is 199 Å². The van der Waals surface area contributed by atoms with Gasteiger partial charge in [-0.2, -0.15) is 0 Å². The fourth-order valence-corrected chi connectivity index (χ4v) is 4.90. The quantitative estimate of drug-likeness (QED) is 0.511. The molecule has 176 valence electrons. The molecule has 7 nitrogen and oxygen atoms in total. The van der Waals surface area contributed by atoms with E-state index in [1.807, 2.05) is 45.0 Å². The SMILES string of the molecule is CCOc1cccc2sc(N3CCN(CCNC(=O)c4ccc(OC(C)C)cc4)CC3)nc12. The fraction of sp³-hybridized carbons (Fsp3) is 0.440.